The summed E-state index contributed by atoms with van der Waals surface area (Å²) in [6.45, 7) is 7.02. The number of carbonyl (C=O) groups excluding carboxylic acids is 1. The summed E-state index contributed by atoms with van der Waals surface area (Å²) in [4.78, 5) is 12.3. The van der Waals surface area contributed by atoms with Gasteiger partial charge in [0.05, 0.1) is 0 Å². The van der Waals surface area contributed by atoms with Crippen LogP contribution < -0.4 is 5.32 Å². The molecule has 0 spiro atoms. The number of alkyl halides is 1. The lowest BCUT2D eigenvalue weighted by Crippen LogP contribution is -2.36. The number of rotatable bonds is 4. The third kappa shape index (κ3) is 3.78. The number of hydrogen-bond donors (Lipinski definition) is 1. The zero-order chi connectivity index (χ0) is 11.4. The maximum atomic E-state index is 11.7. The quantitative estimate of drug-likeness (QED) is 0.786. The summed E-state index contributed by atoms with van der Waals surface area (Å²) >= 11 is 3.67. The van der Waals surface area contributed by atoms with Gasteiger partial charge in [-0.25, -0.2) is 0 Å². The van der Waals surface area contributed by atoms with Gasteiger partial charge >= 0.3 is 0 Å². The van der Waals surface area contributed by atoms with Gasteiger partial charge in [-0.2, -0.15) is 0 Å². The Bertz CT molecular complexity index is 218. The van der Waals surface area contributed by atoms with E-state index in [4.69, 9.17) is 0 Å². The summed E-state index contributed by atoms with van der Waals surface area (Å²) in [6.07, 6.45) is 3.78. The normalized spacial score (nSPS) is 28.1. The summed E-state index contributed by atoms with van der Waals surface area (Å²) < 4.78 is 0. The van der Waals surface area contributed by atoms with Crippen LogP contribution in [0.15, 0.2) is 0 Å². The van der Waals surface area contributed by atoms with E-state index in [-0.39, 0.29) is 11.8 Å². The topological polar surface area (TPSA) is 29.1 Å². The van der Waals surface area contributed by atoms with E-state index in [1.54, 1.807) is 0 Å². The van der Waals surface area contributed by atoms with Crippen LogP contribution in [0, 0.1) is 17.8 Å². The second kappa shape index (κ2) is 5.88. The third-order valence-corrected chi connectivity index (χ3v) is 4.72. The molecule has 1 fully saturated rings. The lowest BCUT2D eigenvalue weighted by molar-refractivity contribution is -0.125. The standard InChI is InChI=1S/C12H22BrNO/c1-8(2)9(3)12(15)14-7-10-5-4-6-11(10)13/h8-11H,4-7H2,1-3H3,(H,14,15). The lowest BCUT2D eigenvalue weighted by atomic mass is 9.97. The number of carbonyl (C=O) groups is 1. The van der Waals surface area contributed by atoms with Crippen molar-refractivity contribution in [3.8, 4) is 0 Å². The Morgan fingerprint density at radius 3 is 2.53 bits per heavy atom. The van der Waals surface area contributed by atoms with Crippen molar-refractivity contribution < 1.29 is 4.79 Å². The zero-order valence-corrected chi connectivity index (χ0v) is 11.5. The van der Waals surface area contributed by atoms with Crippen LogP contribution in [0.5, 0.6) is 0 Å². The largest absolute Gasteiger partial charge is 0.356 e. The SMILES string of the molecule is CC(C)C(C)C(=O)NCC1CCCC1Br. The summed E-state index contributed by atoms with van der Waals surface area (Å²) in [5, 5.41) is 3.07. The van der Waals surface area contributed by atoms with Gasteiger partial charge in [0.2, 0.25) is 5.91 Å². The third-order valence-electron chi connectivity index (χ3n) is 3.52. The van der Waals surface area contributed by atoms with E-state index in [0.29, 0.717) is 16.7 Å². The zero-order valence-electron chi connectivity index (χ0n) is 9.92. The average Bonchev–Trinajstić information content (AvgIpc) is 2.59. The maximum Gasteiger partial charge on any atom is 0.223 e. The maximum absolute atomic E-state index is 11.7. The summed E-state index contributed by atoms with van der Waals surface area (Å²) in [5.74, 6) is 1.39. The molecule has 2 nitrogen and oxygen atoms in total. The molecule has 3 heteroatoms. The van der Waals surface area contributed by atoms with Crippen molar-refractivity contribution in [2.75, 3.05) is 6.54 Å². The number of halogens is 1. The number of hydrogen-bond acceptors (Lipinski definition) is 1. The molecule has 0 aromatic rings. The van der Waals surface area contributed by atoms with Crippen molar-refractivity contribution >= 4 is 21.8 Å². The Labute approximate surface area is 101 Å². The molecule has 0 aromatic carbocycles. The first-order valence-corrected chi connectivity index (χ1v) is 6.85. The van der Waals surface area contributed by atoms with Crippen molar-refractivity contribution in [3.05, 3.63) is 0 Å². The van der Waals surface area contributed by atoms with Gasteiger partial charge in [0.25, 0.3) is 0 Å². The highest BCUT2D eigenvalue weighted by atomic mass is 79.9. The van der Waals surface area contributed by atoms with Gasteiger partial charge < -0.3 is 5.32 Å². The van der Waals surface area contributed by atoms with Crippen molar-refractivity contribution in [1.29, 1.82) is 0 Å². The number of nitrogens with one attached hydrogen (secondary N) is 1. The molecule has 1 amide bonds. The predicted octanol–water partition coefficient (Wildman–Crippen LogP) is 2.96. The van der Waals surface area contributed by atoms with Gasteiger partial charge in [0.1, 0.15) is 0 Å². The van der Waals surface area contributed by atoms with E-state index in [9.17, 15) is 4.79 Å². The summed E-state index contributed by atoms with van der Waals surface area (Å²) in [5.41, 5.74) is 0. The van der Waals surface area contributed by atoms with Crippen LogP contribution in [0.2, 0.25) is 0 Å². The fourth-order valence-corrected chi connectivity index (χ4v) is 2.69. The molecule has 0 aliphatic heterocycles. The first-order chi connectivity index (χ1) is 7.02. The molecule has 0 aromatic heterocycles. The smallest absolute Gasteiger partial charge is 0.223 e. The minimum Gasteiger partial charge on any atom is -0.356 e. The molecule has 1 aliphatic carbocycles. The molecular weight excluding hydrogens is 254 g/mol. The van der Waals surface area contributed by atoms with Crippen molar-refractivity contribution in [2.24, 2.45) is 17.8 Å². The molecule has 1 N–H and O–H groups in total. The Morgan fingerprint density at radius 1 is 1.40 bits per heavy atom. The second-order valence-electron chi connectivity index (χ2n) is 4.98. The molecule has 0 bridgehead atoms. The summed E-state index contributed by atoms with van der Waals surface area (Å²) in [7, 11) is 0. The van der Waals surface area contributed by atoms with Crippen molar-refractivity contribution in [1.82, 2.24) is 5.32 Å². The Morgan fingerprint density at radius 2 is 2.07 bits per heavy atom. The van der Waals surface area contributed by atoms with Crippen LogP contribution in [0.3, 0.4) is 0 Å². The van der Waals surface area contributed by atoms with Gasteiger partial charge in [-0.1, -0.05) is 43.1 Å². The van der Waals surface area contributed by atoms with Crippen LogP contribution >= 0.6 is 15.9 Å². The Balaban J connectivity index is 2.27. The van der Waals surface area contributed by atoms with E-state index < -0.39 is 0 Å². The van der Waals surface area contributed by atoms with Crippen molar-refractivity contribution in [2.45, 2.75) is 44.9 Å². The second-order valence-corrected chi connectivity index (χ2v) is 6.16. The van der Waals surface area contributed by atoms with E-state index in [1.165, 1.54) is 19.3 Å². The minimum absolute atomic E-state index is 0.125. The molecule has 15 heavy (non-hydrogen) atoms. The average molecular weight is 276 g/mol. The van der Waals surface area contributed by atoms with Crippen LogP contribution in [0.1, 0.15) is 40.0 Å². The molecular formula is C12H22BrNO. The van der Waals surface area contributed by atoms with Crippen LogP contribution in [0.25, 0.3) is 0 Å². The molecule has 1 aliphatic rings. The minimum atomic E-state index is 0.125. The van der Waals surface area contributed by atoms with Crippen molar-refractivity contribution in [3.63, 3.8) is 0 Å². The monoisotopic (exact) mass is 275 g/mol. The van der Waals surface area contributed by atoms with Gasteiger partial charge in [-0.05, 0) is 24.7 Å². The molecule has 1 rings (SSSR count). The highest BCUT2D eigenvalue weighted by Gasteiger charge is 2.26. The Kier molecular flexibility index (Phi) is 5.10. The molecule has 3 atom stereocenters. The van der Waals surface area contributed by atoms with Crippen LogP contribution in [0.4, 0.5) is 0 Å². The first-order valence-electron chi connectivity index (χ1n) is 5.94. The molecule has 0 saturated heterocycles. The van der Waals surface area contributed by atoms with Gasteiger partial charge in [0.15, 0.2) is 0 Å². The fourth-order valence-electron chi connectivity index (χ4n) is 1.92. The first kappa shape index (κ1) is 13.0. The lowest BCUT2D eigenvalue weighted by Gasteiger charge is -2.19. The molecule has 0 radical (unpaired) electrons. The predicted molar refractivity (Wildman–Crippen MR) is 67.1 cm³/mol. The van der Waals surface area contributed by atoms with Gasteiger partial charge in [-0.15, -0.1) is 0 Å². The number of amides is 1. The van der Waals surface area contributed by atoms with Gasteiger partial charge in [0, 0.05) is 17.3 Å². The summed E-state index contributed by atoms with van der Waals surface area (Å²) in [6, 6.07) is 0. The van der Waals surface area contributed by atoms with E-state index in [0.717, 1.165) is 6.54 Å². The van der Waals surface area contributed by atoms with Gasteiger partial charge in [-0.3, -0.25) is 4.79 Å². The molecule has 3 unspecified atom stereocenters. The highest BCUT2D eigenvalue weighted by Crippen LogP contribution is 2.30. The Hall–Kier alpha value is -0.0500. The van der Waals surface area contributed by atoms with Crippen LogP contribution in [-0.4, -0.2) is 17.3 Å². The van der Waals surface area contributed by atoms with Crippen LogP contribution in [-0.2, 0) is 4.79 Å². The van der Waals surface area contributed by atoms with E-state index in [1.807, 2.05) is 6.92 Å². The molecule has 88 valence electrons. The highest BCUT2D eigenvalue weighted by molar-refractivity contribution is 9.09. The molecule has 0 heterocycles. The molecule has 1 saturated carbocycles. The fraction of sp³-hybridized carbons (Fsp3) is 0.917. The van der Waals surface area contributed by atoms with E-state index in [2.05, 4.69) is 35.1 Å². The van der Waals surface area contributed by atoms with E-state index >= 15 is 0 Å².